The average Bonchev–Trinajstić information content (AvgIpc) is 2.48. The highest BCUT2D eigenvalue weighted by molar-refractivity contribution is 5.76. The molecule has 0 radical (unpaired) electrons. The van der Waals surface area contributed by atoms with Crippen LogP contribution in [0.3, 0.4) is 0 Å². The van der Waals surface area contributed by atoms with Crippen LogP contribution in [0.1, 0.15) is 17.3 Å². The molecular weight excluding hydrogens is 170 g/mol. The zero-order valence-corrected chi connectivity index (χ0v) is 7.32. The molecule has 70 valence electrons. The Morgan fingerprint density at radius 2 is 2.62 bits per heavy atom. The number of carboxylic acids is 1. The maximum absolute atomic E-state index is 10.8. The number of carbonyl (C=O) groups is 1. The molecule has 5 nitrogen and oxygen atoms in total. The molecule has 5 heteroatoms. The van der Waals surface area contributed by atoms with Crippen LogP contribution in [0.4, 0.5) is 0 Å². The van der Waals surface area contributed by atoms with Crippen LogP contribution in [-0.2, 0) is 18.4 Å². The number of aryl methyl sites for hydroxylation is 1. The molecule has 0 saturated heterocycles. The second-order valence-corrected chi connectivity index (χ2v) is 3.21. The topological polar surface area (TPSA) is 67.2 Å². The molecule has 1 aromatic heterocycles. The first kappa shape index (κ1) is 8.25. The van der Waals surface area contributed by atoms with E-state index in [1.165, 1.54) is 0 Å². The van der Waals surface area contributed by atoms with Crippen molar-refractivity contribution in [1.29, 1.82) is 0 Å². The van der Waals surface area contributed by atoms with E-state index in [2.05, 4.69) is 10.3 Å². The van der Waals surface area contributed by atoms with Crippen LogP contribution in [0.25, 0.3) is 0 Å². The van der Waals surface area contributed by atoms with Gasteiger partial charge in [0.15, 0.2) is 0 Å². The number of carboxylic acid groups (broad SMARTS) is 1. The van der Waals surface area contributed by atoms with E-state index in [1.807, 2.05) is 11.6 Å². The molecule has 0 aliphatic carbocycles. The van der Waals surface area contributed by atoms with Crippen molar-refractivity contribution < 1.29 is 9.90 Å². The molecule has 2 N–H and O–H groups in total. The Hall–Kier alpha value is -1.36. The highest BCUT2D eigenvalue weighted by Gasteiger charge is 2.28. The van der Waals surface area contributed by atoms with Crippen molar-refractivity contribution in [2.75, 3.05) is 6.54 Å². The van der Waals surface area contributed by atoms with Gasteiger partial charge in [0, 0.05) is 20.1 Å². The molecule has 2 rings (SSSR count). The normalized spacial score (nSPS) is 21.2. The molecule has 1 aliphatic heterocycles. The molecule has 1 unspecified atom stereocenters. The summed E-state index contributed by atoms with van der Waals surface area (Å²) in [5.41, 5.74) is 1.67. The number of aromatic nitrogens is 2. The molecule has 0 spiro atoms. The second-order valence-electron chi connectivity index (χ2n) is 3.21. The van der Waals surface area contributed by atoms with Gasteiger partial charge in [0.05, 0.1) is 17.7 Å². The lowest BCUT2D eigenvalue weighted by atomic mass is 10.0. The minimum absolute atomic E-state index is 0.472. The van der Waals surface area contributed by atoms with E-state index in [0.717, 1.165) is 5.69 Å². The van der Waals surface area contributed by atoms with Crippen molar-refractivity contribution >= 4 is 5.97 Å². The summed E-state index contributed by atoms with van der Waals surface area (Å²) in [7, 11) is 1.87. The van der Waals surface area contributed by atoms with Gasteiger partial charge in [-0.05, 0) is 0 Å². The van der Waals surface area contributed by atoms with E-state index in [9.17, 15) is 4.79 Å². The largest absolute Gasteiger partial charge is 0.481 e. The van der Waals surface area contributed by atoms with Crippen molar-refractivity contribution in [2.24, 2.45) is 7.05 Å². The first-order valence-electron chi connectivity index (χ1n) is 4.13. The van der Waals surface area contributed by atoms with Crippen LogP contribution in [-0.4, -0.2) is 27.2 Å². The summed E-state index contributed by atoms with van der Waals surface area (Å²) in [6.45, 7) is 1.18. The second kappa shape index (κ2) is 2.85. The van der Waals surface area contributed by atoms with Gasteiger partial charge in [-0.2, -0.15) is 0 Å². The van der Waals surface area contributed by atoms with Gasteiger partial charge in [-0.1, -0.05) is 0 Å². The predicted molar refractivity (Wildman–Crippen MR) is 45.3 cm³/mol. The van der Waals surface area contributed by atoms with Crippen LogP contribution in [0, 0.1) is 0 Å². The third kappa shape index (κ3) is 1.21. The summed E-state index contributed by atoms with van der Waals surface area (Å²) in [6.07, 6.45) is 1.66. The molecule has 13 heavy (non-hydrogen) atoms. The molecule has 0 fully saturated rings. The van der Waals surface area contributed by atoms with Crippen molar-refractivity contribution in [2.45, 2.75) is 12.5 Å². The van der Waals surface area contributed by atoms with Crippen molar-refractivity contribution in [3.05, 3.63) is 17.7 Å². The van der Waals surface area contributed by atoms with Crippen LogP contribution in [0.5, 0.6) is 0 Å². The number of rotatable bonds is 1. The fourth-order valence-corrected chi connectivity index (χ4v) is 1.62. The summed E-state index contributed by atoms with van der Waals surface area (Å²) < 4.78 is 1.86. The Bertz CT molecular complexity index is 345. The maximum Gasteiger partial charge on any atom is 0.313 e. The van der Waals surface area contributed by atoms with E-state index in [-0.39, 0.29) is 0 Å². The quantitative estimate of drug-likeness (QED) is 0.623. The number of nitrogens with one attached hydrogen (secondary N) is 1. The fraction of sp³-hybridized carbons (Fsp3) is 0.500. The number of aliphatic carboxylic acids is 1. The molecule has 0 aromatic carbocycles. The lowest BCUT2D eigenvalue weighted by molar-refractivity contribution is -0.138. The third-order valence-electron chi connectivity index (χ3n) is 2.36. The summed E-state index contributed by atoms with van der Waals surface area (Å²) in [4.78, 5) is 14.9. The Kier molecular flexibility index (Phi) is 1.81. The van der Waals surface area contributed by atoms with Gasteiger partial charge in [-0.15, -0.1) is 0 Å². The fourth-order valence-electron chi connectivity index (χ4n) is 1.62. The molecule has 0 amide bonds. The molecule has 0 saturated carbocycles. The highest BCUT2D eigenvalue weighted by Crippen LogP contribution is 2.21. The summed E-state index contributed by atoms with van der Waals surface area (Å²) >= 11 is 0. The molecule has 1 atom stereocenters. The summed E-state index contributed by atoms with van der Waals surface area (Å²) in [6, 6.07) is 0. The van der Waals surface area contributed by atoms with Crippen LogP contribution in [0.15, 0.2) is 6.33 Å². The number of hydrogen-bond acceptors (Lipinski definition) is 3. The molecule has 2 heterocycles. The standard InChI is InChI=1S/C8H11N3O2/c1-11-4-10-7-5(8(12)13)2-9-3-6(7)11/h4-5,9H,2-3H2,1H3,(H,12,13). The Balaban J connectivity index is 2.43. The van der Waals surface area contributed by atoms with Gasteiger partial charge in [-0.25, -0.2) is 4.98 Å². The van der Waals surface area contributed by atoms with E-state index in [1.54, 1.807) is 6.33 Å². The maximum atomic E-state index is 10.8. The van der Waals surface area contributed by atoms with Gasteiger partial charge >= 0.3 is 5.97 Å². The predicted octanol–water partition coefficient (Wildman–Crippen LogP) is -0.309. The van der Waals surface area contributed by atoms with Crippen molar-refractivity contribution in [1.82, 2.24) is 14.9 Å². The van der Waals surface area contributed by atoms with E-state index < -0.39 is 11.9 Å². The van der Waals surface area contributed by atoms with Crippen molar-refractivity contribution in [3.63, 3.8) is 0 Å². The average molecular weight is 181 g/mol. The van der Waals surface area contributed by atoms with Crippen LogP contribution < -0.4 is 5.32 Å². The minimum atomic E-state index is -0.813. The lowest BCUT2D eigenvalue weighted by Gasteiger charge is -2.19. The first-order valence-corrected chi connectivity index (χ1v) is 4.13. The SMILES string of the molecule is Cn1cnc2c1CNCC2C(=O)O. The zero-order chi connectivity index (χ0) is 9.42. The Labute approximate surface area is 75.4 Å². The van der Waals surface area contributed by atoms with E-state index in [4.69, 9.17) is 5.11 Å². The van der Waals surface area contributed by atoms with Crippen molar-refractivity contribution in [3.8, 4) is 0 Å². The number of imidazole rings is 1. The third-order valence-corrected chi connectivity index (χ3v) is 2.36. The molecule has 0 bridgehead atoms. The number of fused-ring (bicyclic) bond motifs is 1. The Morgan fingerprint density at radius 3 is 3.31 bits per heavy atom. The van der Waals surface area contributed by atoms with Gasteiger partial charge < -0.3 is 15.0 Å². The van der Waals surface area contributed by atoms with Gasteiger partial charge in [0.25, 0.3) is 0 Å². The van der Waals surface area contributed by atoms with E-state index in [0.29, 0.717) is 18.8 Å². The summed E-state index contributed by atoms with van der Waals surface area (Å²) in [5.74, 6) is -1.31. The first-order chi connectivity index (χ1) is 6.20. The van der Waals surface area contributed by atoms with Crippen LogP contribution in [0.2, 0.25) is 0 Å². The highest BCUT2D eigenvalue weighted by atomic mass is 16.4. The summed E-state index contributed by atoms with van der Waals surface area (Å²) in [5, 5.41) is 12.0. The number of hydrogen-bond donors (Lipinski definition) is 2. The monoisotopic (exact) mass is 181 g/mol. The van der Waals surface area contributed by atoms with Gasteiger partial charge in [-0.3, -0.25) is 4.79 Å². The molecule has 1 aliphatic rings. The minimum Gasteiger partial charge on any atom is -0.481 e. The zero-order valence-electron chi connectivity index (χ0n) is 7.32. The number of nitrogens with zero attached hydrogens (tertiary/aromatic N) is 2. The van der Waals surface area contributed by atoms with Crippen LogP contribution >= 0.6 is 0 Å². The lowest BCUT2D eigenvalue weighted by Crippen LogP contribution is -2.33. The smallest absolute Gasteiger partial charge is 0.313 e. The van der Waals surface area contributed by atoms with Gasteiger partial charge in [0.2, 0.25) is 0 Å². The molecule has 1 aromatic rings. The Morgan fingerprint density at radius 1 is 1.85 bits per heavy atom. The molecular formula is C8H11N3O2. The van der Waals surface area contributed by atoms with E-state index >= 15 is 0 Å². The van der Waals surface area contributed by atoms with Gasteiger partial charge in [0.1, 0.15) is 5.92 Å².